The van der Waals surface area contributed by atoms with E-state index < -0.39 is 12.6 Å². The molecular formula is C11H11F2N3O2. The van der Waals surface area contributed by atoms with Crippen molar-refractivity contribution in [3.8, 4) is 5.75 Å². The van der Waals surface area contributed by atoms with Crippen LogP contribution in [0.15, 0.2) is 24.4 Å². The van der Waals surface area contributed by atoms with Crippen molar-refractivity contribution < 1.29 is 18.3 Å². The van der Waals surface area contributed by atoms with Crippen molar-refractivity contribution in [3.05, 3.63) is 24.4 Å². The zero-order valence-corrected chi connectivity index (χ0v) is 9.48. The number of amides is 1. The standard InChI is InChI=1S/C11H11F2N3O2/c1-15-8-5-16(11(14)17)9-4-6(18-10(12)13)2-3-7(8)9/h2-5,10,15H,1H3,(H2,14,17). The van der Waals surface area contributed by atoms with Gasteiger partial charge in [-0.25, -0.2) is 4.79 Å². The molecule has 2 aromatic rings. The van der Waals surface area contributed by atoms with Crippen LogP contribution in [-0.4, -0.2) is 24.3 Å². The van der Waals surface area contributed by atoms with Crippen LogP contribution in [0.1, 0.15) is 0 Å². The molecule has 0 radical (unpaired) electrons. The molecule has 0 bridgehead atoms. The van der Waals surface area contributed by atoms with E-state index in [2.05, 4.69) is 10.1 Å². The molecule has 3 N–H and O–H groups in total. The molecule has 1 aromatic carbocycles. The van der Waals surface area contributed by atoms with Gasteiger partial charge in [-0.2, -0.15) is 8.78 Å². The zero-order chi connectivity index (χ0) is 13.3. The van der Waals surface area contributed by atoms with Crippen LogP contribution >= 0.6 is 0 Å². The van der Waals surface area contributed by atoms with Crippen LogP contribution in [0.5, 0.6) is 5.75 Å². The van der Waals surface area contributed by atoms with Crippen molar-refractivity contribution in [2.75, 3.05) is 12.4 Å². The van der Waals surface area contributed by atoms with Crippen molar-refractivity contribution >= 4 is 22.6 Å². The summed E-state index contributed by atoms with van der Waals surface area (Å²) < 4.78 is 29.7. The van der Waals surface area contributed by atoms with Crippen molar-refractivity contribution in [1.82, 2.24) is 4.57 Å². The fourth-order valence-corrected chi connectivity index (χ4v) is 1.76. The maximum Gasteiger partial charge on any atom is 0.387 e. The van der Waals surface area contributed by atoms with E-state index in [9.17, 15) is 13.6 Å². The molecular weight excluding hydrogens is 244 g/mol. The molecule has 2 rings (SSSR count). The number of hydrogen-bond donors (Lipinski definition) is 2. The van der Waals surface area contributed by atoms with Crippen molar-refractivity contribution in [2.24, 2.45) is 5.73 Å². The largest absolute Gasteiger partial charge is 0.435 e. The Morgan fingerprint density at radius 2 is 2.22 bits per heavy atom. The highest BCUT2D eigenvalue weighted by Crippen LogP contribution is 2.29. The minimum Gasteiger partial charge on any atom is -0.435 e. The van der Waals surface area contributed by atoms with Crippen LogP contribution in [0.4, 0.5) is 19.3 Å². The normalized spacial score (nSPS) is 10.9. The van der Waals surface area contributed by atoms with E-state index >= 15 is 0 Å². The zero-order valence-electron chi connectivity index (χ0n) is 9.48. The Labute approximate surface area is 101 Å². The molecule has 0 atom stereocenters. The summed E-state index contributed by atoms with van der Waals surface area (Å²) in [5, 5.41) is 3.58. The Bertz CT molecular complexity index is 595. The summed E-state index contributed by atoms with van der Waals surface area (Å²) in [5.41, 5.74) is 6.29. The molecule has 0 aliphatic rings. The van der Waals surface area contributed by atoms with Gasteiger partial charge in [-0.1, -0.05) is 0 Å². The maximum absolute atomic E-state index is 12.1. The van der Waals surface area contributed by atoms with Crippen LogP contribution in [0.25, 0.3) is 10.9 Å². The Morgan fingerprint density at radius 3 is 2.78 bits per heavy atom. The number of alkyl halides is 2. The monoisotopic (exact) mass is 255 g/mol. The molecule has 5 nitrogen and oxygen atoms in total. The minimum atomic E-state index is -2.91. The molecule has 0 spiro atoms. The number of nitrogens with two attached hydrogens (primary N) is 1. The smallest absolute Gasteiger partial charge is 0.387 e. The molecule has 0 saturated heterocycles. The molecule has 0 aliphatic heterocycles. The number of fused-ring (bicyclic) bond motifs is 1. The summed E-state index contributed by atoms with van der Waals surface area (Å²) in [5.74, 6) is -0.0271. The van der Waals surface area contributed by atoms with Crippen LogP contribution in [0.2, 0.25) is 0 Å². The summed E-state index contributed by atoms with van der Waals surface area (Å²) in [6, 6.07) is 3.63. The Hall–Kier alpha value is -2.31. The third kappa shape index (κ3) is 2.06. The molecule has 1 heterocycles. The van der Waals surface area contributed by atoms with Crippen LogP contribution < -0.4 is 15.8 Å². The Balaban J connectivity index is 2.59. The van der Waals surface area contributed by atoms with E-state index in [4.69, 9.17) is 5.73 Å². The number of anilines is 1. The first kappa shape index (κ1) is 12.2. The Morgan fingerprint density at radius 1 is 1.50 bits per heavy atom. The number of rotatable bonds is 3. The first-order valence-electron chi connectivity index (χ1n) is 5.10. The van der Waals surface area contributed by atoms with Gasteiger partial charge in [-0.15, -0.1) is 0 Å². The number of nitrogens with zero attached hydrogens (tertiary/aromatic N) is 1. The average molecular weight is 255 g/mol. The first-order valence-corrected chi connectivity index (χ1v) is 5.10. The van der Waals surface area contributed by atoms with Gasteiger partial charge in [0.15, 0.2) is 0 Å². The number of carbonyl (C=O) groups excluding carboxylic acids is 1. The van der Waals surface area contributed by atoms with Gasteiger partial charge in [-0.3, -0.25) is 4.57 Å². The van der Waals surface area contributed by atoms with Crippen molar-refractivity contribution in [3.63, 3.8) is 0 Å². The van der Waals surface area contributed by atoms with Crippen LogP contribution in [0, 0.1) is 0 Å². The number of benzene rings is 1. The van der Waals surface area contributed by atoms with Gasteiger partial charge in [-0.05, 0) is 12.1 Å². The summed E-state index contributed by atoms with van der Waals surface area (Å²) in [7, 11) is 1.68. The fraction of sp³-hybridized carbons (Fsp3) is 0.182. The summed E-state index contributed by atoms with van der Waals surface area (Å²) in [6.45, 7) is -2.91. The molecule has 18 heavy (non-hydrogen) atoms. The van der Waals surface area contributed by atoms with E-state index in [0.717, 1.165) is 0 Å². The van der Waals surface area contributed by atoms with Gasteiger partial charge in [0.05, 0.1) is 11.2 Å². The number of nitrogens with one attached hydrogen (secondary N) is 1. The molecule has 0 saturated carbocycles. The third-order valence-corrected chi connectivity index (χ3v) is 2.51. The minimum absolute atomic E-state index is 0.0271. The lowest BCUT2D eigenvalue weighted by atomic mass is 10.2. The first-order chi connectivity index (χ1) is 8.52. The molecule has 0 fully saturated rings. The number of hydrogen-bond acceptors (Lipinski definition) is 3. The second-order valence-corrected chi connectivity index (χ2v) is 3.56. The van der Waals surface area contributed by atoms with Gasteiger partial charge in [0.2, 0.25) is 0 Å². The summed E-state index contributed by atoms with van der Waals surface area (Å²) in [4.78, 5) is 11.2. The number of aromatic nitrogens is 1. The molecule has 0 unspecified atom stereocenters. The Kier molecular flexibility index (Phi) is 3.05. The van der Waals surface area contributed by atoms with Gasteiger partial charge >= 0.3 is 12.6 Å². The SMILES string of the molecule is CNc1cn(C(N)=O)c2cc(OC(F)F)ccc12. The van der Waals surface area contributed by atoms with Gasteiger partial charge < -0.3 is 15.8 Å². The van der Waals surface area contributed by atoms with E-state index in [0.29, 0.717) is 16.6 Å². The topological polar surface area (TPSA) is 69.3 Å². The molecule has 1 amide bonds. The van der Waals surface area contributed by atoms with E-state index in [1.54, 1.807) is 13.1 Å². The number of ether oxygens (including phenoxy) is 1. The lowest BCUT2D eigenvalue weighted by Crippen LogP contribution is -2.18. The second kappa shape index (κ2) is 4.52. The molecule has 96 valence electrons. The van der Waals surface area contributed by atoms with Gasteiger partial charge in [0.25, 0.3) is 0 Å². The predicted molar refractivity (Wildman–Crippen MR) is 63.1 cm³/mol. The lowest BCUT2D eigenvalue weighted by Gasteiger charge is -2.05. The highest BCUT2D eigenvalue weighted by molar-refractivity contribution is 5.99. The molecule has 7 heteroatoms. The van der Waals surface area contributed by atoms with E-state index in [1.807, 2.05) is 0 Å². The molecule has 0 aliphatic carbocycles. The number of halogens is 2. The van der Waals surface area contributed by atoms with Crippen LogP contribution in [-0.2, 0) is 0 Å². The summed E-state index contributed by atoms with van der Waals surface area (Å²) >= 11 is 0. The van der Waals surface area contributed by atoms with E-state index in [-0.39, 0.29) is 5.75 Å². The highest BCUT2D eigenvalue weighted by atomic mass is 19.3. The van der Waals surface area contributed by atoms with Gasteiger partial charge in [0.1, 0.15) is 5.75 Å². The second-order valence-electron chi connectivity index (χ2n) is 3.56. The van der Waals surface area contributed by atoms with Crippen molar-refractivity contribution in [1.29, 1.82) is 0 Å². The lowest BCUT2D eigenvalue weighted by molar-refractivity contribution is -0.0497. The number of primary amides is 1. The highest BCUT2D eigenvalue weighted by Gasteiger charge is 2.13. The van der Waals surface area contributed by atoms with Gasteiger partial charge in [0, 0.05) is 24.7 Å². The summed E-state index contributed by atoms with van der Waals surface area (Å²) in [6.07, 6.45) is 1.50. The predicted octanol–water partition coefficient (Wildman–Crippen LogP) is 2.21. The molecule has 1 aromatic heterocycles. The fourth-order valence-electron chi connectivity index (χ4n) is 1.76. The maximum atomic E-state index is 12.1. The van der Waals surface area contributed by atoms with E-state index in [1.165, 1.54) is 22.9 Å². The third-order valence-electron chi connectivity index (χ3n) is 2.51. The number of carbonyl (C=O) groups is 1. The van der Waals surface area contributed by atoms with Crippen molar-refractivity contribution in [2.45, 2.75) is 6.61 Å². The quantitative estimate of drug-likeness (QED) is 0.883. The average Bonchev–Trinajstić information content (AvgIpc) is 2.66. The van der Waals surface area contributed by atoms with Crippen LogP contribution in [0.3, 0.4) is 0 Å².